The van der Waals surface area contributed by atoms with E-state index in [0.29, 0.717) is 0 Å². The molecule has 2 aromatic heterocycles. The lowest BCUT2D eigenvalue weighted by Crippen LogP contribution is -2.33. The van der Waals surface area contributed by atoms with Crippen molar-refractivity contribution in [2.75, 3.05) is 0 Å². The molecule has 3 unspecified atom stereocenters. The Morgan fingerprint density at radius 2 is 1.47 bits per heavy atom. The molecule has 1 aliphatic rings. The van der Waals surface area contributed by atoms with Crippen LogP contribution in [0.4, 0.5) is 0 Å². The lowest BCUT2D eigenvalue weighted by atomic mass is 9.85. The molecule has 0 radical (unpaired) electrons. The summed E-state index contributed by atoms with van der Waals surface area (Å²) in [6.07, 6.45) is 15.7. The lowest BCUT2D eigenvalue weighted by molar-refractivity contribution is 0.495. The van der Waals surface area contributed by atoms with Gasteiger partial charge in [0.2, 0.25) is 0 Å². The van der Waals surface area contributed by atoms with Crippen molar-refractivity contribution in [3.8, 4) is 0 Å². The minimum Gasteiger partial charge on any atom is -0.456 e. The maximum atomic E-state index is 6.61. The van der Waals surface area contributed by atoms with Gasteiger partial charge in [-0.25, -0.2) is 0 Å². The summed E-state index contributed by atoms with van der Waals surface area (Å²) in [6, 6.07) is 46.0. The monoisotopic (exact) mass is 639 g/mol. The predicted molar refractivity (Wildman–Crippen MR) is 206 cm³/mol. The molecule has 4 N–H and O–H groups in total. The van der Waals surface area contributed by atoms with Crippen LogP contribution in [0, 0.1) is 0 Å². The van der Waals surface area contributed by atoms with Crippen LogP contribution in [0.25, 0.3) is 38.9 Å². The Morgan fingerprint density at radius 3 is 2.27 bits per heavy atom. The maximum Gasteiger partial charge on any atom is 0.135 e. The van der Waals surface area contributed by atoms with Gasteiger partial charge in [0.1, 0.15) is 11.2 Å². The number of benzene rings is 5. The fourth-order valence-electron chi connectivity index (χ4n) is 6.53. The summed E-state index contributed by atoms with van der Waals surface area (Å²) in [5.41, 5.74) is 15.6. The van der Waals surface area contributed by atoms with Crippen molar-refractivity contribution < 1.29 is 4.42 Å². The molecule has 8 rings (SSSR count). The average Bonchev–Trinajstić information content (AvgIpc) is 3.75. The number of rotatable bonds is 8. The molecular formula is C45H41N3O. The number of furan rings is 1. The number of para-hydroxylation sites is 2. The highest BCUT2D eigenvalue weighted by atomic mass is 16.3. The highest BCUT2D eigenvalue weighted by Crippen LogP contribution is 2.36. The van der Waals surface area contributed by atoms with Gasteiger partial charge in [-0.15, -0.1) is 0 Å². The number of hydrogen-bond donors (Lipinski definition) is 3. The highest BCUT2D eigenvalue weighted by Gasteiger charge is 2.22. The Hall–Kier alpha value is -5.68. The second-order valence-electron chi connectivity index (χ2n) is 12.4. The SMILES string of the molecule is C/C=C\C=C/c1cc2ccccc2[nH]1.NC(NC(C1=CC(c2ccc3c(c2)oc2ccccc23)CC=C1)c1ccccc1)c1ccccc1. The molecule has 0 amide bonds. The van der Waals surface area contributed by atoms with Crippen molar-refractivity contribution in [1.29, 1.82) is 0 Å². The molecular weight excluding hydrogens is 599 g/mol. The molecule has 1 aliphatic carbocycles. The zero-order valence-electron chi connectivity index (χ0n) is 27.7. The first kappa shape index (κ1) is 31.9. The standard InChI is InChI=1S/C32H28N2O.C13H13N/c33-32(23-12-5-2-6-13-23)34-31(22-10-3-1-4-11-22)26-15-9-14-24(20-26)25-18-19-28-27-16-7-8-17-29(27)35-30(28)21-25;1-2-3-4-8-12-10-11-7-5-6-9-13(11)14-12/h1-13,15-21,24,31-32,34H,14,33H2;2-10,14H,1H3/b;3-2-,8-4-. The van der Waals surface area contributed by atoms with Gasteiger partial charge >= 0.3 is 0 Å². The second kappa shape index (κ2) is 15.0. The van der Waals surface area contributed by atoms with Gasteiger partial charge in [0.05, 0.1) is 12.2 Å². The minimum atomic E-state index is -0.275. The first-order chi connectivity index (χ1) is 24.2. The number of allylic oxidation sites excluding steroid dienone is 5. The number of H-pyrrole nitrogens is 1. The van der Waals surface area contributed by atoms with Gasteiger partial charge in [-0.05, 0) is 71.3 Å². The molecule has 0 saturated heterocycles. The van der Waals surface area contributed by atoms with Gasteiger partial charge in [-0.3, -0.25) is 5.32 Å². The zero-order valence-corrected chi connectivity index (χ0v) is 27.7. The third-order valence-corrected chi connectivity index (χ3v) is 9.03. The molecule has 0 bridgehead atoms. The molecule has 0 saturated carbocycles. The molecule has 0 aliphatic heterocycles. The maximum absolute atomic E-state index is 6.61. The third kappa shape index (κ3) is 7.42. The first-order valence-corrected chi connectivity index (χ1v) is 16.9. The topological polar surface area (TPSA) is 67.0 Å². The van der Waals surface area contributed by atoms with Crippen LogP contribution >= 0.6 is 0 Å². The van der Waals surface area contributed by atoms with E-state index in [0.717, 1.165) is 39.6 Å². The van der Waals surface area contributed by atoms with Crippen molar-refractivity contribution in [2.24, 2.45) is 5.73 Å². The molecule has 0 spiro atoms. The van der Waals surface area contributed by atoms with Crippen LogP contribution in [0.3, 0.4) is 0 Å². The quantitative estimate of drug-likeness (QED) is 0.114. The highest BCUT2D eigenvalue weighted by molar-refractivity contribution is 6.04. The van der Waals surface area contributed by atoms with Crippen LogP contribution in [0.15, 0.2) is 180 Å². The number of nitrogens with two attached hydrogens (primary N) is 1. The molecule has 4 heteroatoms. The van der Waals surface area contributed by atoms with Crippen molar-refractivity contribution in [3.63, 3.8) is 0 Å². The largest absolute Gasteiger partial charge is 0.456 e. The van der Waals surface area contributed by atoms with Gasteiger partial charge in [0, 0.05) is 27.9 Å². The van der Waals surface area contributed by atoms with Crippen LogP contribution in [0.5, 0.6) is 0 Å². The zero-order chi connectivity index (χ0) is 33.4. The van der Waals surface area contributed by atoms with Crippen molar-refractivity contribution in [3.05, 3.63) is 198 Å². The van der Waals surface area contributed by atoms with E-state index in [2.05, 4.69) is 126 Å². The summed E-state index contributed by atoms with van der Waals surface area (Å²) in [5, 5.41) is 7.26. The van der Waals surface area contributed by atoms with E-state index in [9.17, 15) is 0 Å². The predicted octanol–water partition coefficient (Wildman–Crippen LogP) is 11.3. The minimum absolute atomic E-state index is 0.0135. The fraction of sp³-hybridized carbons (Fsp3) is 0.111. The van der Waals surface area contributed by atoms with Crippen LogP contribution in [-0.4, -0.2) is 4.98 Å². The lowest BCUT2D eigenvalue weighted by Gasteiger charge is -2.28. The van der Waals surface area contributed by atoms with E-state index in [1.807, 2.05) is 67.6 Å². The first-order valence-electron chi connectivity index (χ1n) is 16.9. The van der Waals surface area contributed by atoms with E-state index in [1.54, 1.807) is 0 Å². The van der Waals surface area contributed by atoms with Gasteiger partial charge in [-0.2, -0.15) is 0 Å². The summed E-state index contributed by atoms with van der Waals surface area (Å²) in [4.78, 5) is 3.33. The molecule has 49 heavy (non-hydrogen) atoms. The van der Waals surface area contributed by atoms with E-state index in [1.165, 1.54) is 27.6 Å². The van der Waals surface area contributed by atoms with E-state index in [4.69, 9.17) is 10.2 Å². The molecule has 242 valence electrons. The van der Waals surface area contributed by atoms with Gasteiger partial charge in [-0.1, -0.05) is 146 Å². The van der Waals surface area contributed by atoms with Gasteiger partial charge in [0.25, 0.3) is 0 Å². The van der Waals surface area contributed by atoms with E-state index < -0.39 is 0 Å². The molecule has 7 aromatic rings. The number of fused-ring (bicyclic) bond motifs is 4. The summed E-state index contributed by atoms with van der Waals surface area (Å²) in [6.45, 7) is 2.01. The smallest absolute Gasteiger partial charge is 0.135 e. The molecule has 2 heterocycles. The summed E-state index contributed by atoms with van der Waals surface area (Å²) < 4.78 is 6.16. The number of aromatic amines is 1. The second-order valence-corrected chi connectivity index (χ2v) is 12.4. The summed E-state index contributed by atoms with van der Waals surface area (Å²) >= 11 is 0. The Kier molecular flexibility index (Phi) is 9.79. The Morgan fingerprint density at radius 1 is 0.755 bits per heavy atom. The van der Waals surface area contributed by atoms with Crippen molar-refractivity contribution in [2.45, 2.75) is 31.5 Å². The van der Waals surface area contributed by atoms with Crippen molar-refractivity contribution >= 4 is 38.9 Å². The van der Waals surface area contributed by atoms with E-state index >= 15 is 0 Å². The van der Waals surface area contributed by atoms with Crippen molar-refractivity contribution in [1.82, 2.24) is 10.3 Å². The molecule has 3 atom stereocenters. The summed E-state index contributed by atoms with van der Waals surface area (Å²) in [7, 11) is 0. The molecule has 5 aromatic carbocycles. The van der Waals surface area contributed by atoms with Gasteiger partial charge < -0.3 is 15.1 Å². The Balaban J connectivity index is 0.000000226. The number of nitrogens with one attached hydrogen (secondary N) is 2. The summed E-state index contributed by atoms with van der Waals surface area (Å²) in [5.74, 6) is 0.272. The average molecular weight is 640 g/mol. The fourth-order valence-corrected chi connectivity index (χ4v) is 6.53. The van der Waals surface area contributed by atoms with Crippen LogP contribution in [0.1, 0.15) is 53.9 Å². The Labute approximate surface area is 288 Å². The van der Waals surface area contributed by atoms with Gasteiger partial charge in [0.15, 0.2) is 0 Å². The number of hydrogen-bond acceptors (Lipinski definition) is 3. The number of aromatic nitrogens is 1. The Bertz CT molecular complexity index is 2240. The van der Waals surface area contributed by atoms with Crippen LogP contribution in [-0.2, 0) is 0 Å². The normalized spacial score (nSPS) is 15.9. The molecule has 4 nitrogen and oxygen atoms in total. The molecule has 0 fully saturated rings. The third-order valence-electron chi connectivity index (χ3n) is 9.03. The van der Waals surface area contributed by atoms with Crippen LogP contribution in [0.2, 0.25) is 0 Å². The van der Waals surface area contributed by atoms with E-state index in [-0.39, 0.29) is 18.1 Å². The van der Waals surface area contributed by atoms with Crippen LogP contribution < -0.4 is 11.1 Å².